The lowest BCUT2D eigenvalue weighted by atomic mass is 10.1. The van der Waals surface area contributed by atoms with Gasteiger partial charge in [-0.25, -0.2) is 0 Å². The third-order valence-corrected chi connectivity index (χ3v) is 3.63. The van der Waals surface area contributed by atoms with E-state index in [2.05, 4.69) is 59.9 Å². The van der Waals surface area contributed by atoms with Crippen molar-refractivity contribution in [3.05, 3.63) is 28.2 Å². The van der Waals surface area contributed by atoms with Crippen LogP contribution in [0.5, 0.6) is 0 Å². The van der Waals surface area contributed by atoms with Crippen LogP contribution in [0.15, 0.2) is 22.7 Å². The number of rotatable bonds is 5. The van der Waals surface area contributed by atoms with Crippen LogP contribution in [0.2, 0.25) is 0 Å². The van der Waals surface area contributed by atoms with Gasteiger partial charge in [-0.15, -0.1) is 0 Å². The number of hydrogen-bond acceptors (Lipinski definition) is 2. The van der Waals surface area contributed by atoms with Crippen LogP contribution in [0.3, 0.4) is 0 Å². The van der Waals surface area contributed by atoms with Crippen LogP contribution in [-0.4, -0.2) is 13.1 Å². The van der Waals surface area contributed by atoms with Crippen LogP contribution in [0.25, 0.3) is 0 Å². The number of nitrogens with zero attached hydrogens (tertiary/aromatic N) is 1. The number of nitrogens with two attached hydrogens (primary N) is 1. The van der Waals surface area contributed by atoms with Crippen LogP contribution < -0.4 is 10.6 Å². The van der Waals surface area contributed by atoms with Crippen molar-refractivity contribution in [2.75, 3.05) is 11.9 Å². The summed E-state index contributed by atoms with van der Waals surface area (Å²) in [5.41, 5.74) is 8.01. The monoisotopic (exact) mass is 284 g/mol. The molecule has 0 bridgehead atoms. The first kappa shape index (κ1) is 13.5. The molecule has 0 saturated carbocycles. The minimum atomic E-state index is 0.560. The standard InChI is InChI=1S/C13H21BrN2/c1-4-5-10(2)16(3)13-7-6-11(9-15)8-12(13)14/h6-8,10H,4-5,9,15H2,1-3H3. The van der Waals surface area contributed by atoms with Crippen LogP contribution in [0.1, 0.15) is 32.3 Å². The van der Waals surface area contributed by atoms with E-state index in [-0.39, 0.29) is 0 Å². The predicted molar refractivity (Wildman–Crippen MR) is 74.8 cm³/mol. The summed E-state index contributed by atoms with van der Waals surface area (Å²) < 4.78 is 1.13. The molecular weight excluding hydrogens is 264 g/mol. The summed E-state index contributed by atoms with van der Waals surface area (Å²) in [6, 6.07) is 6.89. The van der Waals surface area contributed by atoms with E-state index in [9.17, 15) is 0 Å². The van der Waals surface area contributed by atoms with Gasteiger partial charge in [0.25, 0.3) is 0 Å². The Morgan fingerprint density at radius 3 is 2.62 bits per heavy atom. The number of anilines is 1. The highest BCUT2D eigenvalue weighted by Gasteiger charge is 2.11. The molecule has 1 atom stereocenters. The Morgan fingerprint density at radius 2 is 2.12 bits per heavy atom. The van der Waals surface area contributed by atoms with Gasteiger partial charge >= 0.3 is 0 Å². The highest BCUT2D eigenvalue weighted by atomic mass is 79.9. The molecule has 0 amide bonds. The summed E-state index contributed by atoms with van der Waals surface area (Å²) in [5, 5.41) is 0. The molecule has 0 fully saturated rings. The van der Waals surface area contributed by atoms with Gasteiger partial charge in [-0.3, -0.25) is 0 Å². The van der Waals surface area contributed by atoms with E-state index in [1.807, 2.05) is 0 Å². The van der Waals surface area contributed by atoms with Gasteiger partial charge in [0.15, 0.2) is 0 Å². The number of hydrogen-bond donors (Lipinski definition) is 1. The zero-order valence-electron chi connectivity index (χ0n) is 10.3. The van der Waals surface area contributed by atoms with Crippen LogP contribution in [-0.2, 0) is 6.54 Å². The lowest BCUT2D eigenvalue weighted by Crippen LogP contribution is -2.28. The molecule has 1 unspecified atom stereocenters. The molecule has 1 rings (SSSR count). The SMILES string of the molecule is CCCC(C)N(C)c1ccc(CN)cc1Br. The molecule has 1 aromatic carbocycles. The molecule has 0 aromatic heterocycles. The van der Waals surface area contributed by atoms with Crippen molar-refractivity contribution in [3.8, 4) is 0 Å². The summed E-state index contributed by atoms with van der Waals surface area (Å²) in [4.78, 5) is 2.31. The van der Waals surface area contributed by atoms with Crippen molar-refractivity contribution < 1.29 is 0 Å². The topological polar surface area (TPSA) is 29.3 Å². The Morgan fingerprint density at radius 1 is 1.44 bits per heavy atom. The van der Waals surface area contributed by atoms with Gasteiger partial charge in [0.05, 0.1) is 5.69 Å². The maximum absolute atomic E-state index is 5.62. The highest BCUT2D eigenvalue weighted by Crippen LogP contribution is 2.28. The molecule has 0 saturated heterocycles. The van der Waals surface area contributed by atoms with Crippen LogP contribution in [0, 0.1) is 0 Å². The largest absolute Gasteiger partial charge is 0.371 e. The smallest absolute Gasteiger partial charge is 0.0510 e. The zero-order chi connectivity index (χ0) is 12.1. The van der Waals surface area contributed by atoms with E-state index in [0.29, 0.717) is 12.6 Å². The van der Waals surface area contributed by atoms with Gasteiger partial charge in [-0.1, -0.05) is 19.4 Å². The summed E-state index contributed by atoms with van der Waals surface area (Å²) >= 11 is 3.61. The molecule has 0 aliphatic carbocycles. The lowest BCUT2D eigenvalue weighted by molar-refractivity contribution is 0.615. The second-order valence-corrected chi connectivity index (χ2v) is 5.09. The average Bonchev–Trinajstić information content (AvgIpc) is 2.28. The summed E-state index contributed by atoms with van der Waals surface area (Å²) in [7, 11) is 2.14. The van der Waals surface area contributed by atoms with Crippen molar-refractivity contribution in [2.45, 2.75) is 39.3 Å². The van der Waals surface area contributed by atoms with Gasteiger partial charge < -0.3 is 10.6 Å². The van der Waals surface area contributed by atoms with E-state index in [4.69, 9.17) is 5.73 Å². The molecule has 3 heteroatoms. The zero-order valence-corrected chi connectivity index (χ0v) is 11.9. The second-order valence-electron chi connectivity index (χ2n) is 4.24. The summed E-state index contributed by atoms with van der Waals surface area (Å²) in [5.74, 6) is 0. The molecule has 1 aromatic rings. The number of benzene rings is 1. The van der Waals surface area contributed by atoms with Crippen molar-refractivity contribution in [3.63, 3.8) is 0 Å². The van der Waals surface area contributed by atoms with E-state index < -0.39 is 0 Å². The fourth-order valence-corrected chi connectivity index (χ4v) is 2.52. The molecular formula is C13H21BrN2. The maximum Gasteiger partial charge on any atom is 0.0510 e. The minimum Gasteiger partial charge on any atom is -0.371 e. The van der Waals surface area contributed by atoms with E-state index in [1.54, 1.807) is 0 Å². The normalized spacial score (nSPS) is 12.6. The summed E-state index contributed by atoms with van der Waals surface area (Å²) in [6.07, 6.45) is 2.42. The van der Waals surface area contributed by atoms with Crippen molar-refractivity contribution in [1.82, 2.24) is 0 Å². The molecule has 0 aliphatic rings. The Hall–Kier alpha value is -0.540. The maximum atomic E-state index is 5.62. The molecule has 2 N–H and O–H groups in total. The van der Waals surface area contributed by atoms with Gasteiger partial charge in [-0.05, 0) is 47.0 Å². The molecule has 90 valence electrons. The molecule has 2 nitrogen and oxygen atoms in total. The summed E-state index contributed by atoms with van der Waals surface area (Å²) in [6.45, 7) is 5.07. The Kier molecular flexibility index (Phi) is 5.29. The van der Waals surface area contributed by atoms with Gasteiger partial charge in [0, 0.05) is 24.1 Å². The van der Waals surface area contributed by atoms with Crippen molar-refractivity contribution >= 4 is 21.6 Å². The molecule has 0 aliphatic heterocycles. The van der Waals surface area contributed by atoms with Gasteiger partial charge in [-0.2, -0.15) is 0 Å². The fourth-order valence-electron chi connectivity index (χ4n) is 1.81. The first-order valence-electron chi connectivity index (χ1n) is 5.81. The average molecular weight is 285 g/mol. The van der Waals surface area contributed by atoms with Gasteiger partial charge in [0.1, 0.15) is 0 Å². The quantitative estimate of drug-likeness (QED) is 0.896. The fraction of sp³-hybridized carbons (Fsp3) is 0.538. The Labute approximate surface area is 107 Å². The number of halogens is 1. The second kappa shape index (κ2) is 6.26. The highest BCUT2D eigenvalue weighted by molar-refractivity contribution is 9.10. The third-order valence-electron chi connectivity index (χ3n) is 3.00. The van der Waals surface area contributed by atoms with E-state index in [1.165, 1.54) is 18.5 Å². The Bertz CT molecular complexity index is 339. The van der Waals surface area contributed by atoms with Crippen molar-refractivity contribution in [2.24, 2.45) is 5.73 Å². The molecule has 0 spiro atoms. The van der Waals surface area contributed by atoms with Crippen LogP contribution >= 0.6 is 15.9 Å². The van der Waals surface area contributed by atoms with Gasteiger partial charge in [0.2, 0.25) is 0 Å². The minimum absolute atomic E-state index is 0.560. The molecule has 16 heavy (non-hydrogen) atoms. The van der Waals surface area contributed by atoms with Crippen molar-refractivity contribution in [1.29, 1.82) is 0 Å². The molecule has 0 heterocycles. The van der Waals surface area contributed by atoms with Crippen LogP contribution in [0.4, 0.5) is 5.69 Å². The van der Waals surface area contributed by atoms with E-state index >= 15 is 0 Å². The third kappa shape index (κ3) is 3.22. The molecule has 0 radical (unpaired) electrons. The lowest BCUT2D eigenvalue weighted by Gasteiger charge is -2.28. The first-order chi connectivity index (χ1) is 7.60. The van der Waals surface area contributed by atoms with E-state index in [0.717, 1.165) is 10.0 Å². The Balaban J connectivity index is 2.87. The predicted octanol–water partition coefficient (Wildman–Crippen LogP) is 3.53. The first-order valence-corrected chi connectivity index (χ1v) is 6.60.